The third-order valence-electron chi connectivity index (χ3n) is 7.68. The van der Waals surface area contributed by atoms with Gasteiger partial charge in [-0.3, -0.25) is 19.3 Å². The first-order valence-electron chi connectivity index (χ1n) is 13.3. The van der Waals surface area contributed by atoms with E-state index in [0.29, 0.717) is 76.1 Å². The third-order valence-corrected chi connectivity index (χ3v) is 7.68. The third kappa shape index (κ3) is 6.45. The number of H-pyrrole nitrogens is 1. The van der Waals surface area contributed by atoms with Crippen LogP contribution >= 0.6 is 0 Å². The molecule has 1 aromatic rings. The Morgan fingerprint density at radius 3 is 2.78 bits per heavy atom. The van der Waals surface area contributed by atoms with Gasteiger partial charge < -0.3 is 19.4 Å². The Kier molecular flexibility index (Phi) is 8.00. The number of carbonyl (C=O) groups excluding carboxylic acids is 2. The second-order valence-electron chi connectivity index (χ2n) is 10.4. The summed E-state index contributed by atoms with van der Waals surface area (Å²) in [7, 11) is 1.64. The normalized spacial score (nSPS) is 20.5. The molecule has 0 radical (unpaired) electrons. The number of methoxy groups -OCH3 is 1. The predicted octanol–water partition coefficient (Wildman–Crippen LogP) is 2.28. The van der Waals surface area contributed by atoms with Crippen molar-refractivity contribution in [1.29, 1.82) is 0 Å². The zero-order chi connectivity index (χ0) is 25.8. The van der Waals surface area contributed by atoms with E-state index >= 15 is 0 Å². The maximum Gasteiger partial charge on any atom is 0.256 e. The van der Waals surface area contributed by atoms with E-state index in [1.54, 1.807) is 7.11 Å². The van der Waals surface area contributed by atoms with Crippen LogP contribution in [0.4, 0.5) is 0 Å². The molecule has 2 fully saturated rings. The van der Waals surface area contributed by atoms with Crippen molar-refractivity contribution in [3.63, 3.8) is 0 Å². The summed E-state index contributed by atoms with van der Waals surface area (Å²) in [5.74, 6) is 2.09. The second kappa shape index (κ2) is 11.6. The fraction of sp³-hybridized carbons (Fsp3) is 0.571. The van der Waals surface area contributed by atoms with Crippen LogP contribution in [0.2, 0.25) is 0 Å². The minimum Gasteiger partial charge on any atom is -0.501 e. The van der Waals surface area contributed by atoms with Crippen LogP contribution in [0.1, 0.15) is 49.2 Å². The molecule has 1 amide bonds. The molecule has 5 rings (SSSR count). The maximum absolute atomic E-state index is 13.4. The molecule has 1 N–H and O–H groups in total. The molecule has 3 heterocycles. The van der Waals surface area contributed by atoms with Crippen LogP contribution in [0.3, 0.4) is 0 Å². The van der Waals surface area contributed by atoms with Crippen LogP contribution in [-0.4, -0.2) is 71.4 Å². The summed E-state index contributed by atoms with van der Waals surface area (Å²) in [6.07, 6.45) is 12.6. The molecule has 9 heteroatoms. The summed E-state index contributed by atoms with van der Waals surface area (Å²) in [6, 6.07) is 0. The number of likely N-dealkylation sites (tertiary alicyclic amines) is 1. The maximum atomic E-state index is 13.4. The molecule has 1 saturated carbocycles. The van der Waals surface area contributed by atoms with Crippen molar-refractivity contribution in [2.75, 3.05) is 39.9 Å². The lowest BCUT2D eigenvalue weighted by atomic mass is 9.88. The van der Waals surface area contributed by atoms with Gasteiger partial charge in [0, 0.05) is 30.9 Å². The highest BCUT2D eigenvalue weighted by atomic mass is 16.5. The number of aromatic amines is 1. The topological polar surface area (TPSA) is 105 Å². The van der Waals surface area contributed by atoms with E-state index in [1.807, 2.05) is 29.2 Å². The number of fused-ring (bicyclic) bond motifs is 1. The molecule has 2 aliphatic carbocycles. The monoisotopic (exact) mass is 508 g/mol. The first kappa shape index (κ1) is 25.6. The van der Waals surface area contributed by atoms with Gasteiger partial charge in [-0.25, -0.2) is 4.98 Å². The van der Waals surface area contributed by atoms with Crippen molar-refractivity contribution < 1.29 is 19.1 Å². The summed E-state index contributed by atoms with van der Waals surface area (Å²) >= 11 is 0. The van der Waals surface area contributed by atoms with Gasteiger partial charge in [0.25, 0.3) is 5.56 Å². The summed E-state index contributed by atoms with van der Waals surface area (Å²) in [5, 5.41) is 0. The minimum absolute atomic E-state index is 0.0314. The lowest BCUT2D eigenvalue weighted by molar-refractivity contribution is -0.133. The van der Waals surface area contributed by atoms with Crippen LogP contribution in [-0.2, 0) is 38.6 Å². The van der Waals surface area contributed by atoms with E-state index in [4.69, 9.17) is 9.47 Å². The molecular weight excluding hydrogens is 472 g/mol. The lowest BCUT2D eigenvalue weighted by Gasteiger charge is -2.32. The molecule has 0 bridgehead atoms. The van der Waals surface area contributed by atoms with Gasteiger partial charge in [0.15, 0.2) is 5.78 Å². The van der Waals surface area contributed by atoms with Crippen LogP contribution in [0.5, 0.6) is 0 Å². The largest absolute Gasteiger partial charge is 0.501 e. The average molecular weight is 509 g/mol. The van der Waals surface area contributed by atoms with Crippen molar-refractivity contribution in [1.82, 2.24) is 19.8 Å². The Bertz CT molecular complexity index is 1170. The van der Waals surface area contributed by atoms with Crippen molar-refractivity contribution >= 4 is 11.7 Å². The number of ketones is 1. The summed E-state index contributed by atoms with van der Waals surface area (Å²) in [5.41, 5.74) is 1.92. The van der Waals surface area contributed by atoms with Crippen molar-refractivity contribution in [3.8, 4) is 0 Å². The SMILES string of the molecule is COC1=CC=C(C(=O)C2CCN(CC(=O)N(Cc3nc4c(c(=O)[nH]3)COCC4)CC3CC3)CC2)C=CC1. The fourth-order valence-corrected chi connectivity index (χ4v) is 5.22. The Morgan fingerprint density at radius 1 is 1.22 bits per heavy atom. The number of aromatic nitrogens is 2. The number of rotatable bonds is 9. The molecule has 2 aliphatic heterocycles. The van der Waals surface area contributed by atoms with Gasteiger partial charge in [-0.15, -0.1) is 0 Å². The van der Waals surface area contributed by atoms with Crippen LogP contribution < -0.4 is 5.56 Å². The van der Waals surface area contributed by atoms with Crippen LogP contribution in [0.25, 0.3) is 0 Å². The van der Waals surface area contributed by atoms with Gasteiger partial charge in [-0.2, -0.15) is 0 Å². The Hall–Kier alpha value is -3.04. The van der Waals surface area contributed by atoms with E-state index in [9.17, 15) is 14.4 Å². The number of Topliss-reactive ketones (excluding diaryl/α,β-unsaturated/α-hetero) is 1. The minimum atomic E-state index is -0.169. The van der Waals surface area contributed by atoms with Crippen molar-refractivity contribution in [3.05, 3.63) is 63.1 Å². The summed E-state index contributed by atoms with van der Waals surface area (Å²) in [6.45, 7) is 3.59. The highest BCUT2D eigenvalue weighted by Gasteiger charge is 2.31. The van der Waals surface area contributed by atoms with Crippen LogP contribution in [0, 0.1) is 11.8 Å². The molecule has 0 atom stereocenters. The number of hydrogen-bond acceptors (Lipinski definition) is 7. The number of amides is 1. The number of allylic oxidation sites excluding steroid dienone is 5. The van der Waals surface area contributed by atoms with E-state index in [1.165, 1.54) is 0 Å². The highest BCUT2D eigenvalue weighted by Crippen LogP contribution is 2.30. The summed E-state index contributed by atoms with van der Waals surface area (Å²) < 4.78 is 10.7. The highest BCUT2D eigenvalue weighted by molar-refractivity contribution is 6.00. The fourth-order valence-electron chi connectivity index (χ4n) is 5.22. The number of nitrogens with one attached hydrogen (secondary N) is 1. The zero-order valence-electron chi connectivity index (χ0n) is 21.5. The van der Waals surface area contributed by atoms with Gasteiger partial charge in [-0.1, -0.05) is 12.2 Å². The standard InChI is InChI=1S/C28H36N4O5/c1-36-22-4-2-3-20(7-8-22)27(34)21-9-12-31(13-10-21)17-26(33)32(15-19-5-6-19)16-25-29-24-11-14-37-18-23(24)28(35)30-25/h2-3,7-8,19,21H,4-6,9-18H2,1H3,(H,29,30,35). The van der Waals surface area contributed by atoms with Gasteiger partial charge in [0.1, 0.15) is 5.82 Å². The van der Waals surface area contributed by atoms with Gasteiger partial charge >= 0.3 is 0 Å². The van der Waals surface area contributed by atoms with Crippen molar-refractivity contribution in [2.45, 2.75) is 51.7 Å². The molecule has 4 aliphatic rings. The Labute approximate surface area is 217 Å². The zero-order valence-corrected chi connectivity index (χ0v) is 21.5. The molecule has 198 valence electrons. The predicted molar refractivity (Wildman–Crippen MR) is 137 cm³/mol. The Balaban J connectivity index is 1.18. The number of ether oxygens (including phenoxy) is 2. The van der Waals surface area contributed by atoms with E-state index < -0.39 is 0 Å². The van der Waals surface area contributed by atoms with E-state index in [0.717, 1.165) is 42.7 Å². The van der Waals surface area contributed by atoms with E-state index in [-0.39, 0.29) is 23.2 Å². The van der Waals surface area contributed by atoms with Gasteiger partial charge in [-0.05, 0) is 56.8 Å². The summed E-state index contributed by atoms with van der Waals surface area (Å²) in [4.78, 5) is 50.4. The molecule has 0 spiro atoms. The number of hydrogen-bond donors (Lipinski definition) is 1. The molecular formula is C28H36N4O5. The van der Waals surface area contributed by atoms with Gasteiger partial charge in [0.05, 0.1) is 50.4 Å². The Morgan fingerprint density at radius 2 is 2.03 bits per heavy atom. The van der Waals surface area contributed by atoms with E-state index in [2.05, 4.69) is 14.9 Å². The van der Waals surface area contributed by atoms with Crippen LogP contribution in [0.15, 0.2) is 40.4 Å². The van der Waals surface area contributed by atoms with Crippen molar-refractivity contribution in [2.24, 2.45) is 11.8 Å². The smallest absolute Gasteiger partial charge is 0.256 e. The molecule has 1 saturated heterocycles. The lowest BCUT2D eigenvalue weighted by Crippen LogP contribution is -2.45. The first-order valence-corrected chi connectivity index (χ1v) is 13.3. The quantitative estimate of drug-likeness (QED) is 0.546. The van der Waals surface area contributed by atoms with Gasteiger partial charge in [0.2, 0.25) is 5.91 Å². The first-order chi connectivity index (χ1) is 18.0. The number of carbonyl (C=O) groups is 2. The molecule has 1 aromatic heterocycles. The number of piperidine rings is 1. The molecule has 9 nitrogen and oxygen atoms in total. The molecule has 0 aromatic carbocycles. The average Bonchev–Trinajstić information content (AvgIpc) is 3.75. The number of nitrogens with zero attached hydrogens (tertiary/aromatic N) is 3. The molecule has 0 unspecified atom stereocenters. The second-order valence-corrected chi connectivity index (χ2v) is 10.4. The molecule has 37 heavy (non-hydrogen) atoms.